The van der Waals surface area contributed by atoms with Gasteiger partial charge in [-0.05, 0) is 18.2 Å². The van der Waals surface area contributed by atoms with E-state index >= 15 is 0 Å². The van der Waals surface area contributed by atoms with Crippen LogP contribution in [-0.4, -0.2) is 43.7 Å². The zero-order valence-electron chi connectivity index (χ0n) is 16.7. The molecule has 0 aliphatic rings. The predicted molar refractivity (Wildman–Crippen MR) is 122 cm³/mol. The number of carbonyl (C=O) groups is 2. The number of nitro groups is 1. The van der Waals surface area contributed by atoms with Gasteiger partial charge in [-0.1, -0.05) is 47.1 Å². The molecule has 12 heteroatoms. The summed E-state index contributed by atoms with van der Waals surface area (Å²) in [4.78, 5) is 34.9. The van der Waals surface area contributed by atoms with Crippen molar-refractivity contribution in [3.8, 4) is 0 Å². The van der Waals surface area contributed by atoms with E-state index < -0.39 is 4.92 Å². The molecular formula is C20H17Cl2N5O4S. The fourth-order valence-corrected chi connectivity index (χ4v) is 3.84. The van der Waals surface area contributed by atoms with Crippen LogP contribution in [0.2, 0.25) is 10.0 Å². The van der Waals surface area contributed by atoms with Crippen LogP contribution in [0.25, 0.3) is 0 Å². The van der Waals surface area contributed by atoms with Gasteiger partial charge in [0, 0.05) is 43.3 Å². The van der Waals surface area contributed by atoms with Crippen molar-refractivity contribution in [2.24, 2.45) is 7.05 Å². The third-order valence-electron chi connectivity index (χ3n) is 4.45. The number of aromatic nitrogens is 3. The number of benzene rings is 2. The normalized spacial score (nSPS) is 10.7. The van der Waals surface area contributed by atoms with E-state index in [2.05, 4.69) is 15.5 Å². The number of nitro benzene ring substituents is 1. The van der Waals surface area contributed by atoms with E-state index in [9.17, 15) is 19.7 Å². The van der Waals surface area contributed by atoms with Crippen molar-refractivity contribution in [3.63, 3.8) is 0 Å². The van der Waals surface area contributed by atoms with Gasteiger partial charge >= 0.3 is 0 Å². The van der Waals surface area contributed by atoms with Crippen LogP contribution < -0.4 is 5.32 Å². The summed E-state index contributed by atoms with van der Waals surface area (Å²) in [5.41, 5.74) is 0.525. The van der Waals surface area contributed by atoms with Crippen molar-refractivity contribution < 1.29 is 14.5 Å². The second kappa shape index (κ2) is 10.6. The van der Waals surface area contributed by atoms with Gasteiger partial charge in [-0.25, -0.2) is 0 Å². The topological polar surface area (TPSA) is 120 Å². The predicted octanol–water partition coefficient (Wildman–Crippen LogP) is 3.98. The zero-order chi connectivity index (χ0) is 23.3. The molecule has 0 bridgehead atoms. The van der Waals surface area contributed by atoms with E-state index in [1.165, 1.54) is 42.1 Å². The van der Waals surface area contributed by atoms with E-state index in [1.54, 1.807) is 23.7 Å². The Balaban J connectivity index is 1.53. The maximum absolute atomic E-state index is 12.4. The summed E-state index contributed by atoms with van der Waals surface area (Å²) in [6.45, 7) is 0.322. The second-order valence-electron chi connectivity index (χ2n) is 6.61. The number of thioether (sulfide) groups is 1. The first-order valence-electron chi connectivity index (χ1n) is 9.28. The van der Waals surface area contributed by atoms with Crippen molar-refractivity contribution in [3.05, 3.63) is 79.6 Å². The standard InChI is InChI=1S/C20H17Cl2N5O4S/c1-26-18(7-8-23-19(29)13-5-6-15(21)16(22)10-13)24-25-20(26)32-11-17(28)12-3-2-4-14(9-12)27(30)31/h2-6,9-10H,7-8,11H2,1H3,(H,23,29). The molecule has 1 aromatic heterocycles. The smallest absolute Gasteiger partial charge is 0.270 e. The Morgan fingerprint density at radius 1 is 1.12 bits per heavy atom. The summed E-state index contributed by atoms with van der Waals surface area (Å²) in [5.74, 6) is 0.144. The van der Waals surface area contributed by atoms with Crippen molar-refractivity contribution in [1.82, 2.24) is 20.1 Å². The number of non-ortho nitro benzene ring substituents is 1. The molecule has 32 heavy (non-hydrogen) atoms. The van der Waals surface area contributed by atoms with Crippen molar-refractivity contribution in [2.45, 2.75) is 11.6 Å². The summed E-state index contributed by atoms with van der Waals surface area (Å²) < 4.78 is 1.73. The number of nitrogens with one attached hydrogen (secondary N) is 1. The molecule has 3 aromatic rings. The number of ketones is 1. The van der Waals surface area contributed by atoms with Crippen LogP contribution in [0.15, 0.2) is 47.6 Å². The highest BCUT2D eigenvalue weighted by atomic mass is 35.5. The molecule has 0 fully saturated rings. The number of hydrogen-bond donors (Lipinski definition) is 1. The average molecular weight is 494 g/mol. The number of Topliss-reactive ketones (excluding diaryl/α,β-unsaturated/α-hetero) is 1. The van der Waals surface area contributed by atoms with E-state index in [0.29, 0.717) is 39.6 Å². The lowest BCUT2D eigenvalue weighted by Crippen LogP contribution is -2.26. The van der Waals surface area contributed by atoms with Gasteiger partial charge in [-0.3, -0.25) is 19.7 Å². The Morgan fingerprint density at radius 3 is 2.62 bits per heavy atom. The van der Waals surface area contributed by atoms with Gasteiger partial charge in [0.15, 0.2) is 10.9 Å². The fourth-order valence-electron chi connectivity index (χ4n) is 2.72. The quantitative estimate of drug-likeness (QED) is 0.207. The molecule has 0 aliphatic carbocycles. The summed E-state index contributed by atoms with van der Waals surface area (Å²) in [6, 6.07) is 10.2. The van der Waals surface area contributed by atoms with Crippen molar-refractivity contribution in [1.29, 1.82) is 0 Å². The monoisotopic (exact) mass is 493 g/mol. The molecular weight excluding hydrogens is 477 g/mol. The number of hydrogen-bond acceptors (Lipinski definition) is 7. The second-order valence-corrected chi connectivity index (χ2v) is 8.37. The number of halogens is 2. The average Bonchev–Trinajstić information content (AvgIpc) is 3.13. The highest BCUT2D eigenvalue weighted by molar-refractivity contribution is 7.99. The van der Waals surface area contributed by atoms with Gasteiger partial charge in [0.1, 0.15) is 5.82 Å². The van der Waals surface area contributed by atoms with Crippen LogP contribution >= 0.6 is 35.0 Å². The Kier molecular flexibility index (Phi) is 7.84. The molecule has 166 valence electrons. The lowest BCUT2D eigenvalue weighted by atomic mass is 10.1. The van der Waals surface area contributed by atoms with Gasteiger partial charge in [-0.15, -0.1) is 10.2 Å². The molecule has 0 saturated carbocycles. The van der Waals surface area contributed by atoms with Crippen LogP contribution in [0.5, 0.6) is 0 Å². The first-order chi connectivity index (χ1) is 15.3. The molecule has 0 unspecified atom stereocenters. The number of rotatable bonds is 9. The largest absolute Gasteiger partial charge is 0.352 e. The first kappa shape index (κ1) is 23.7. The third-order valence-corrected chi connectivity index (χ3v) is 6.21. The fraction of sp³-hybridized carbons (Fsp3) is 0.200. The molecule has 3 rings (SSSR count). The Labute approximate surface area is 197 Å². The SMILES string of the molecule is Cn1c(CCNC(=O)c2ccc(Cl)c(Cl)c2)nnc1SCC(=O)c1cccc([N+](=O)[O-])c1. The van der Waals surface area contributed by atoms with Gasteiger partial charge in [0.05, 0.1) is 20.7 Å². The molecule has 9 nitrogen and oxygen atoms in total. The van der Waals surface area contributed by atoms with Crippen LogP contribution in [-0.2, 0) is 13.5 Å². The number of nitrogens with zero attached hydrogens (tertiary/aromatic N) is 4. The summed E-state index contributed by atoms with van der Waals surface area (Å²) in [6.07, 6.45) is 0.427. The lowest BCUT2D eigenvalue weighted by Gasteiger charge is -2.07. The zero-order valence-corrected chi connectivity index (χ0v) is 19.1. The molecule has 0 radical (unpaired) electrons. The molecule has 0 aliphatic heterocycles. The summed E-state index contributed by atoms with van der Waals surface area (Å²) in [5, 5.41) is 23.0. The Hall–Kier alpha value is -2.95. The van der Waals surface area contributed by atoms with Crippen molar-refractivity contribution in [2.75, 3.05) is 12.3 Å². The van der Waals surface area contributed by atoms with Gasteiger partial charge in [0.2, 0.25) is 0 Å². The van der Waals surface area contributed by atoms with Gasteiger partial charge < -0.3 is 9.88 Å². The summed E-state index contributed by atoms with van der Waals surface area (Å²) in [7, 11) is 1.76. The molecule has 1 N–H and O–H groups in total. The van der Waals surface area contributed by atoms with E-state index in [4.69, 9.17) is 23.2 Å². The third kappa shape index (κ3) is 5.84. The minimum absolute atomic E-state index is 0.0567. The maximum atomic E-state index is 12.4. The van der Waals surface area contributed by atoms with E-state index in [0.717, 1.165) is 0 Å². The van der Waals surface area contributed by atoms with Gasteiger partial charge in [-0.2, -0.15) is 0 Å². The van der Waals surface area contributed by atoms with Crippen molar-refractivity contribution >= 4 is 52.3 Å². The molecule has 0 spiro atoms. The Bertz CT molecular complexity index is 1180. The molecule has 1 heterocycles. The molecule has 0 saturated heterocycles. The minimum atomic E-state index is -0.542. The highest BCUT2D eigenvalue weighted by Gasteiger charge is 2.15. The van der Waals surface area contributed by atoms with Crippen LogP contribution in [0, 0.1) is 10.1 Å². The summed E-state index contributed by atoms with van der Waals surface area (Å²) >= 11 is 13.0. The molecule has 0 atom stereocenters. The molecule has 2 aromatic carbocycles. The molecule has 1 amide bonds. The highest BCUT2D eigenvalue weighted by Crippen LogP contribution is 2.23. The van der Waals surface area contributed by atoms with Gasteiger partial charge in [0.25, 0.3) is 11.6 Å². The first-order valence-corrected chi connectivity index (χ1v) is 11.0. The van der Waals surface area contributed by atoms with E-state index in [-0.39, 0.29) is 28.7 Å². The number of amides is 1. The van der Waals surface area contributed by atoms with Crippen LogP contribution in [0.1, 0.15) is 26.5 Å². The lowest BCUT2D eigenvalue weighted by molar-refractivity contribution is -0.384. The van der Waals surface area contributed by atoms with Crippen LogP contribution in [0.3, 0.4) is 0 Å². The maximum Gasteiger partial charge on any atom is 0.270 e. The Morgan fingerprint density at radius 2 is 1.91 bits per heavy atom. The van der Waals surface area contributed by atoms with E-state index in [1.807, 2.05) is 0 Å². The number of carbonyl (C=O) groups excluding carboxylic acids is 2. The minimum Gasteiger partial charge on any atom is -0.352 e. The van der Waals surface area contributed by atoms with Crippen LogP contribution in [0.4, 0.5) is 5.69 Å².